The highest BCUT2D eigenvalue weighted by Gasteiger charge is 2.13. The first-order valence-corrected chi connectivity index (χ1v) is 7.60. The monoisotopic (exact) mass is 283 g/mol. The van der Waals surface area contributed by atoms with Crippen LogP contribution in [0.25, 0.3) is 0 Å². The molecule has 0 aliphatic rings. The molecule has 2 heteroatoms. The highest BCUT2D eigenvalue weighted by atomic mass is 16.5. The van der Waals surface area contributed by atoms with Crippen LogP contribution in [0.4, 0.5) is 0 Å². The van der Waals surface area contributed by atoms with Crippen LogP contribution in [0.5, 0.6) is 5.75 Å². The molecular weight excluding hydrogens is 258 g/mol. The van der Waals surface area contributed by atoms with Crippen molar-refractivity contribution in [3.8, 4) is 5.75 Å². The van der Waals surface area contributed by atoms with E-state index < -0.39 is 0 Å². The van der Waals surface area contributed by atoms with Gasteiger partial charge in [0.25, 0.3) is 0 Å². The fraction of sp³-hybridized carbons (Fsp3) is 0.368. The van der Waals surface area contributed by atoms with Crippen molar-refractivity contribution in [2.75, 3.05) is 13.7 Å². The minimum absolute atomic E-state index is 0.351. The lowest BCUT2D eigenvalue weighted by molar-refractivity contribution is 0.410. The van der Waals surface area contributed by atoms with Crippen molar-refractivity contribution in [1.29, 1.82) is 0 Å². The van der Waals surface area contributed by atoms with Gasteiger partial charge in [-0.3, -0.25) is 0 Å². The van der Waals surface area contributed by atoms with E-state index in [9.17, 15) is 0 Å². The molecule has 2 N–H and O–H groups in total. The maximum Gasteiger partial charge on any atom is 0.122 e. The van der Waals surface area contributed by atoms with Crippen molar-refractivity contribution >= 4 is 0 Å². The van der Waals surface area contributed by atoms with Crippen molar-refractivity contribution in [1.82, 2.24) is 0 Å². The molecule has 0 radical (unpaired) electrons. The second-order valence-corrected chi connectivity index (χ2v) is 5.55. The van der Waals surface area contributed by atoms with Crippen molar-refractivity contribution in [3.63, 3.8) is 0 Å². The van der Waals surface area contributed by atoms with E-state index in [-0.39, 0.29) is 0 Å². The Hall–Kier alpha value is -1.80. The predicted octanol–water partition coefficient (Wildman–Crippen LogP) is 3.85. The van der Waals surface area contributed by atoms with E-state index in [0.717, 1.165) is 18.6 Å². The zero-order valence-electron chi connectivity index (χ0n) is 13.2. The third-order valence-electron chi connectivity index (χ3n) is 4.04. The Morgan fingerprint density at radius 3 is 2.38 bits per heavy atom. The second kappa shape index (κ2) is 7.28. The Morgan fingerprint density at radius 1 is 1.10 bits per heavy atom. The van der Waals surface area contributed by atoms with E-state index in [4.69, 9.17) is 10.5 Å². The maximum absolute atomic E-state index is 6.01. The van der Waals surface area contributed by atoms with E-state index in [2.05, 4.69) is 56.3 Å². The molecule has 0 amide bonds. The van der Waals surface area contributed by atoms with E-state index in [1.165, 1.54) is 22.3 Å². The lowest BCUT2D eigenvalue weighted by Crippen LogP contribution is -2.15. The molecule has 0 saturated carbocycles. The molecule has 1 unspecified atom stereocenters. The summed E-state index contributed by atoms with van der Waals surface area (Å²) in [4.78, 5) is 0. The molecule has 2 aromatic rings. The number of aryl methyl sites for hydroxylation is 2. The minimum atomic E-state index is 0.351. The fourth-order valence-corrected chi connectivity index (χ4v) is 2.67. The normalized spacial score (nSPS) is 12.2. The summed E-state index contributed by atoms with van der Waals surface area (Å²) < 4.78 is 5.40. The Morgan fingerprint density at radius 2 is 1.81 bits per heavy atom. The molecule has 0 spiro atoms. The van der Waals surface area contributed by atoms with E-state index in [1.807, 2.05) is 0 Å². The summed E-state index contributed by atoms with van der Waals surface area (Å²) in [6.45, 7) is 4.92. The van der Waals surface area contributed by atoms with Gasteiger partial charge in [0.05, 0.1) is 7.11 Å². The van der Waals surface area contributed by atoms with Crippen LogP contribution in [-0.2, 0) is 12.8 Å². The van der Waals surface area contributed by atoms with Crippen LogP contribution < -0.4 is 10.5 Å². The number of rotatable bonds is 6. The summed E-state index contributed by atoms with van der Waals surface area (Å²) in [7, 11) is 1.72. The molecule has 0 aliphatic heterocycles. The van der Waals surface area contributed by atoms with Gasteiger partial charge in [-0.05, 0) is 49.1 Å². The van der Waals surface area contributed by atoms with Crippen molar-refractivity contribution in [2.45, 2.75) is 32.6 Å². The van der Waals surface area contributed by atoms with Crippen LogP contribution in [-0.4, -0.2) is 13.7 Å². The molecule has 1 atom stereocenters. The van der Waals surface area contributed by atoms with Gasteiger partial charge in [-0.2, -0.15) is 0 Å². The summed E-state index contributed by atoms with van der Waals surface area (Å²) in [6, 6.07) is 15.2. The summed E-state index contributed by atoms with van der Waals surface area (Å²) in [5, 5.41) is 0. The molecule has 0 saturated heterocycles. The highest BCUT2D eigenvalue weighted by Crippen LogP contribution is 2.26. The molecular formula is C19H25NO. The Balaban J connectivity index is 2.22. The standard InChI is InChI=1S/C19H25NO/c1-4-16-12-17(9-10-19(16)21-3)18(13-20)11-15-7-5-14(2)6-8-15/h5-10,12,18H,4,11,13,20H2,1-3H3. The summed E-state index contributed by atoms with van der Waals surface area (Å²) in [6.07, 6.45) is 1.95. The molecule has 2 aromatic carbocycles. The zero-order valence-corrected chi connectivity index (χ0v) is 13.2. The quantitative estimate of drug-likeness (QED) is 0.874. The van der Waals surface area contributed by atoms with Gasteiger partial charge in [-0.1, -0.05) is 48.9 Å². The largest absolute Gasteiger partial charge is 0.496 e. The average molecular weight is 283 g/mol. The van der Waals surface area contributed by atoms with Gasteiger partial charge in [0, 0.05) is 5.92 Å². The van der Waals surface area contributed by atoms with E-state index in [0.29, 0.717) is 12.5 Å². The molecule has 2 nitrogen and oxygen atoms in total. The summed E-state index contributed by atoms with van der Waals surface area (Å²) >= 11 is 0. The smallest absolute Gasteiger partial charge is 0.122 e. The molecule has 112 valence electrons. The van der Waals surface area contributed by atoms with Crippen LogP contribution in [0, 0.1) is 6.92 Å². The predicted molar refractivity (Wildman–Crippen MR) is 89.1 cm³/mol. The lowest BCUT2D eigenvalue weighted by atomic mass is 9.90. The first-order valence-electron chi connectivity index (χ1n) is 7.60. The molecule has 0 heterocycles. The number of benzene rings is 2. The van der Waals surface area contributed by atoms with Crippen LogP contribution in [0.15, 0.2) is 42.5 Å². The van der Waals surface area contributed by atoms with Gasteiger partial charge in [-0.15, -0.1) is 0 Å². The van der Waals surface area contributed by atoms with Crippen LogP contribution in [0.1, 0.15) is 35.1 Å². The minimum Gasteiger partial charge on any atom is -0.496 e. The van der Waals surface area contributed by atoms with Crippen LogP contribution >= 0.6 is 0 Å². The molecule has 0 bridgehead atoms. The first-order chi connectivity index (χ1) is 10.2. The van der Waals surface area contributed by atoms with Crippen molar-refractivity contribution in [3.05, 3.63) is 64.7 Å². The Labute approximate surface area is 127 Å². The van der Waals surface area contributed by atoms with Gasteiger partial charge in [-0.25, -0.2) is 0 Å². The van der Waals surface area contributed by atoms with Crippen LogP contribution in [0.3, 0.4) is 0 Å². The lowest BCUT2D eigenvalue weighted by Gasteiger charge is -2.18. The van der Waals surface area contributed by atoms with Gasteiger partial charge < -0.3 is 10.5 Å². The van der Waals surface area contributed by atoms with Gasteiger partial charge in [0.15, 0.2) is 0 Å². The first kappa shape index (κ1) is 15.6. The van der Waals surface area contributed by atoms with E-state index in [1.54, 1.807) is 7.11 Å². The third kappa shape index (κ3) is 3.85. The number of hydrogen-bond acceptors (Lipinski definition) is 2. The maximum atomic E-state index is 6.01. The molecule has 0 aromatic heterocycles. The number of methoxy groups -OCH3 is 1. The second-order valence-electron chi connectivity index (χ2n) is 5.55. The summed E-state index contributed by atoms with van der Waals surface area (Å²) in [5.74, 6) is 1.32. The number of hydrogen-bond donors (Lipinski definition) is 1. The molecule has 0 fully saturated rings. The van der Waals surface area contributed by atoms with Crippen LogP contribution in [0.2, 0.25) is 0 Å². The molecule has 2 rings (SSSR count). The molecule has 0 aliphatic carbocycles. The zero-order chi connectivity index (χ0) is 15.2. The number of nitrogens with two attached hydrogens (primary N) is 1. The van der Waals surface area contributed by atoms with Gasteiger partial charge in [0.1, 0.15) is 5.75 Å². The highest BCUT2D eigenvalue weighted by molar-refractivity contribution is 5.39. The molecule has 21 heavy (non-hydrogen) atoms. The Bertz CT molecular complexity index is 575. The Kier molecular flexibility index (Phi) is 5.40. The van der Waals surface area contributed by atoms with Gasteiger partial charge >= 0.3 is 0 Å². The third-order valence-corrected chi connectivity index (χ3v) is 4.04. The van der Waals surface area contributed by atoms with Crippen molar-refractivity contribution in [2.24, 2.45) is 5.73 Å². The summed E-state index contributed by atoms with van der Waals surface area (Å²) in [5.41, 5.74) is 11.2. The topological polar surface area (TPSA) is 35.2 Å². The number of ether oxygens (including phenoxy) is 1. The van der Waals surface area contributed by atoms with Crippen molar-refractivity contribution < 1.29 is 4.74 Å². The van der Waals surface area contributed by atoms with E-state index >= 15 is 0 Å². The average Bonchev–Trinajstić information content (AvgIpc) is 2.53. The SMILES string of the molecule is CCc1cc(C(CN)Cc2ccc(C)cc2)ccc1OC. The van der Waals surface area contributed by atoms with Gasteiger partial charge in [0.2, 0.25) is 0 Å². The fourth-order valence-electron chi connectivity index (χ4n) is 2.67.